The number of halogens is 1. The molecule has 0 aromatic heterocycles. The number of nitrogens with one attached hydrogen (secondary N) is 1. The van der Waals surface area contributed by atoms with Gasteiger partial charge in [0.05, 0.1) is 6.07 Å². The number of benzene rings is 2. The number of nitrogens with zero attached hydrogens (tertiary/aromatic N) is 1. The van der Waals surface area contributed by atoms with Crippen LogP contribution in [0.3, 0.4) is 0 Å². The Balaban J connectivity index is 2.34. The van der Waals surface area contributed by atoms with Crippen LogP contribution in [-0.2, 0) is 0 Å². The molecule has 0 saturated heterocycles. The van der Waals surface area contributed by atoms with Crippen LogP contribution in [-0.4, -0.2) is 0 Å². The van der Waals surface area contributed by atoms with Gasteiger partial charge in [0, 0.05) is 11.3 Å². The van der Waals surface area contributed by atoms with Crippen LogP contribution in [0.15, 0.2) is 42.5 Å². The second-order valence-corrected chi connectivity index (χ2v) is 4.55. The summed E-state index contributed by atoms with van der Waals surface area (Å²) in [5.41, 5.74) is 3.18. The molecule has 0 aliphatic carbocycles. The molecule has 0 heterocycles. The highest BCUT2D eigenvalue weighted by Gasteiger charge is 2.15. The highest BCUT2D eigenvalue weighted by atomic mass is 19.1. The average Bonchev–Trinajstić information content (AvgIpc) is 2.41. The topological polar surface area (TPSA) is 35.8 Å². The standard InChI is InChI=1S/C16H15FN2/c1-11-7-8-14(17)13(9-11)16(10-18)19-15-6-4-3-5-12(15)2/h3-9,16,19H,1-2H3. The van der Waals surface area contributed by atoms with E-state index in [1.54, 1.807) is 12.1 Å². The van der Waals surface area contributed by atoms with Crippen LogP contribution in [0.5, 0.6) is 0 Å². The third kappa shape index (κ3) is 2.92. The average molecular weight is 254 g/mol. The van der Waals surface area contributed by atoms with Gasteiger partial charge in [-0.3, -0.25) is 0 Å². The summed E-state index contributed by atoms with van der Waals surface area (Å²) in [6, 6.07) is 13.9. The Hall–Kier alpha value is -2.34. The largest absolute Gasteiger partial charge is 0.366 e. The zero-order chi connectivity index (χ0) is 13.8. The minimum atomic E-state index is -0.694. The molecule has 0 amide bonds. The van der Waals surface area contributed by atoms with Crippen LogP contribution in [0.2, 0.25) is 0 Å². The van der Waals surface area contributed by atoms with Crippen molar-refractivity contribution in [2.45, 2.75) is 19.9 Å². The Morgan fingerprint density at radius 1 is 1.16 bits per heavy atom. The zero-order valence-electron chi connectivity index (χ0n) is 10.9. The van der Waals surface area contributed by atoms with E-state index in [1.807, 2.05) is 38.1 Å². The van der Waals surface area contributed by atoms with Gasteiger partial charge < -0.3 is 5.32 Å². The molecule has 0 fully saturated rings. The lowest BCUT2D eigenvalue weighted by Crippen LogP contribution is -2.11. The Kier molecular flexibility index (Phi) is 3.82. The Labute approximate surface area is 112 Å². The second-order valence-electron chi connectivity index (χ2n) is 4.55. The van der Waals surface area contributed by atoms with Gasteiger partial charge in [0.2, 0.25) is 0 Å². The molecule has 0 aliphatic heterocycles. The van der Waals surface area contributed by atoms with E-state index in [0.717, 1.165) is 16.8 Å². The molecule has 2 rings (SSSR count). The van der Waals surface area contributed by atoms with E-state index in [9.17, 15) is 9.65 Å². The summed E-state index contributed by atoms with van der Waals surface area (Å²) < 4.78 is 13.8. The molecule has 2 aromatic rings. The molecule has 0 spiro atoms. The van der Waals surface area contributed by atoms with Crippen molar-refractivity contribution in [2.75, 3.05) is 5.32 Å². The summed E-state index contributed by atoms with van der Waals surface area (Å²) >= 11 is 0. The fourth-order valence-corrected chi connectivity index (χ4v) is 1.95. The predicted octanol–water partition coefficient (Wildman–Crippen LogP) is 4.12. The van der Waals surface area contributed by atoms with Crippen molar-refractivity contribution in [3.63, 3.8) is 0 Å². The maximum Gasteiger partial charge on any atom is 0.143 e. The summed E-state index contributed by atoms with van der Waals surface area (Å²) in [6.07, 6.45) is 0. The number of hydrogen-bond donors (Lipinski definition) is 1. The first-order chi connectivity index (χ1) is 9.11. The van der Waals surface area contributed by atoms with Crippen molar-refractivity contribution in [1.82, 2.24) is 0 Å². The molecule has 1 atom stereocenters. The second kappa shape index (κ2) is 5.53. The van der Waals surface area contributed by atoms with Gasteiger partial charge in [-0.1, -0.05) is 35.9 Å². The van der Waals surface area contributed by atoms with E-state index in [4.69, 9.17) is 0 Å². The molecule has 1 N–H and O–H groups in total. The van der Waals surface area contributed by atoms with Crippen molar-refractivity contribution < 1.29 is 4.39 Å². The number of aryl methyl sites for hydroxylation is 2. The SMILES string of the molecule is Cc1ccc(F)c(C(C#N)Nc2ccccc2C)c1. The Morgan fingerprint density at radius 3 is 2.58 bits per heavy atom. The van der Waals surface area contributed by atoms with E-state index in [-0.39, 0.29) is 5.82 Å². The molecule has 0 saturated carbocycles. The van der Waals surface area contributed by atoms with Gasteiger partial charge in [-0.25, -0.2) is 4.39 Å². The van der Waals surface area contributed by atoms with Crippen LogP contribution in [0.1, 0.15) is 22.7 Å². The minimum absolute atomic E-state index is 0.363. The molecule has 3 heteroatoms. The van der Waals surface area contributed by atoms with Crippen molar-refractivity contribution in [1.29, 1.82) is 5.26 Å². The number of nitriles is 1. The van der Waals surface area contributed by atoms with Crippen LogP contribution >= 0.6 is 0 Å². The molecule has 19 heavy (non-hydrogen) atoms. The first kappa shape index (κ1) is 13.1. The normalized spacial score (nSPS) is 11.7. The molecule has 1 unspecified atom stereocenters. The van der Waals surface area contributed by atoms with Crippen LogP contribution in [0.4, 0.5) is 10.1 Å². The summed E-state index contributed by atoms with van der Waals surface area (Å²) in [4.78, 5) is 0. The number of anilines is 1. The minimum Gasteiger partial charge on any atom is -0.366 e. The fourth-order valence-electron chi connectivity index (χ4n) is 1.95. The fraction of sp³-hybridized carbons (Fsp3) is 0.188. The first-order valence-electron chi connectivity index (χ1n) is 6.09. The summed E-state index contributed by atoms with van der Waals surface area (Å²) in [5.74, 6) is -0.363. The van der Waals surface area contributed by atoms with Crippen molar-refractivity contribution in [3.8, 4) is 6.07 Å². The van der Waals surface area contributed by atoms with E-state index < -0.39 is 6.04 Å². The van der Waals surface area contributed by atoms with Crippen molar-refractivity contribution >= 4 is 5.69 Å². The van der Waals surface area contributed by atoms with Gasteiger partial charge in [-0.05, 0) is 31.5 Å². The highest BCUT2D eigenvalue weighted by Crippen LogP contribution is 2.24. The van der Waals surface area contributed by atoms with Crippen LogP contribution < -0.4 is 5.32 Å². The van der Waals surface area contributed by atoms with E-state index in [1.165, 1.54) is 6.07 Å². The monoisotopic (exact) mass is 254 g/mol. The smallest absolute Gasteiger partial charge is 0.143 e. The summed E-state index contributed by atoms with van der Waals surface area (Å²) in [5, 5.41) is 12.3. The van der Waals surface area contributed by atoms with Gasteiger partial charge in [0.25, 0.3) is 0 Å². The molecule has 0 aliphatic rings. The van der Waals surface area contributed by atoms with Gasteiger partial charge in [0.1, 0.15) is 11.9 Å². The summed E-state index contributed by atoms with van der Waals surface area (Å²) in [6.45, 7) is 3.83. The van der Waals surface area contributed by atoms with Crippen molar-refractivity contribution in [2.24, 2.45) is 0 Å². The molecule has 2 nitrogen and oxygen atoms in total. The maximum atomic E-state index is 13.8. The third-order valence-corrected chi connectivity index (χ3v) is 3.04. The number of para-hydroxylation sites is 1. The number of hydrogen-bond acceptors (Lipinski definition) is 2. The van der Waals surface area contributed by atoms with Gasteiger partial charge in [-0.2, -0.15) is 5.26 Å². The van der Waals surface area contributed by atoms with Gasteiger partial charge in [-0.15, -0.1) is 0 Å². The predicted molar refractivity (Wildman–Crippen MR) is 74.3 cm³/mol. The Bertz CT molecular complexity index is 629. The molecular weight excluding hydrogens is 239 g/mol. The lowest BCUT2D eigenvalue weighted by Gasteiger charge is -2.16. The first-order valence-corrected chi connectivity index (χ1v) is 6.09. The van der Waals surface area contributed by atoms with Crippen molar-refractivity contribution in [3.05, 3.63) is 65.0 Å². The lowest BCUT2D eigenvalue weighted by molar-refractivity contribution is 0.607. The number of rotatable bonds is 3. The van der Waals surface area contributed by atoms with E-state index in [0.29, 0.717) is 5.56 Å². The quantitative estimate of drug-likeness (QED) is 0.894. The van der Waals surface area contributed by atoms with Crippen LogP contribution in [0, 0.1) is 31.0 Å². The zero-order valence-corrected chi connectivity index (χ0v) is 10.9. The molecule has 0 bridgehead atoms. The van der Waals surface area contributed by atoms with Crippen LogP contribution in [0.25, 0.3) is 0 Å². The molecule has 2 aromatic carbocycles. The van der Waals surface area contributed by atoms with E-state index >= 15 is 0 Å². The van der Waals surface area contributed by atoms with E-state index in [2.05, 4.69) is 11.4 Å². The van der Waals surface area contributed by atoms with Gasteiger partial charge in [0.15, 0.2) is 0 Å². The molecular formula is C16H15FN2. The lowest BCUT2D eigenvalue weighted by atomic mass is 10.0. The Morgan fingerprint density at radius 2 is 1.89 bits per heavy atom. The molecule has 0 radical (unpaired) electrons. The maximum absolute atomic E-state index is 13.8. The highest BCUT2D eigenvalue weighted by molar-refractivity contribution is 5.53. The summed E-state index contributed by atoms with van der Waals surface area (Å²) in [7, 11) is 0. The van der Waals surface area contributed by atoms with Gasteiger partial charge >= 0.3 is 0 Å². The molecule has 96 valence electrons. The third-order valence-electron chi connectivity index (χ3n) is 3.04.